The van der Waals surface area contributed by atoms with Crippen molar-refractivity contribution in [2.24, 2.45) is 0 Å². The number of phenols is 1. The Balaban J connectivity index is 0.834. The van der Waals surface area contributed by atoms with Crippen LogP contribution in [0.5, 0.6) is 11.5 Å². The molecule has 1 amide bonds. The molecular weight excluding hydrogens is 651 g/mol. The number of amides is 1. The maximum absolute atomic E-state index is 13.4. The summed E-state index contributed by atoms with van der Waals surface area (Å²) in [6.07, 6.45) is 0.924. The highest BCUT2D eigenvalue weighted by molar-refractivity contribution is 7.18. The van der Waals surface area contributed by atoms with E-state index in [4.69, 9.17) is 9.47 Å². The molecule has 4 N–H and O–H groups in total. The summed E-state index contributed by atoms with van der Waals surface area (Å²) in [4.78, 5) is 36.4. The first-order valence-electron chi connectivity index (χ1n) is 16.2. The zero-order valence-corrected chi connectivity index (χ0v) is 28.4. The number of aromatic nitrogens is 2. The molecule has 2 fully saturated rings. The number of aryl methyl sites for hydroxylation is 1. The molecule has 2 saturated heterocycles. The number of hydrogen-bond donors (Lipinski definition) is 4. The third kappa shape index (κ3) is 7.12. The molecular formula is C35H39N5O6S2. The van der Waals surface area contributed by atoms with Gasteiger partial charge in [0.15, 0.2) is 0 Å². The Bertz CT molecular complexity index is 1960. The molecule has 0 aliphatic carbocycles. The Hall–Kier alpha value is -3.85. The van der Waals surface area contributed by atoms with Crippen molar-refractivity contribution in [3.8, 4) is 11.5 Å². The van der Waals surface area contributed by atoms with Crippen molar-refractivity contribution in [1.82, 2.24) is 25.1 Å². The lowest BCUT2D eigenvalue weighted by Crippen LogP contribution is -2.58. The summed E-state index contributed by atoms with van der Waals surface area (Å²) in [6.45, 7) is 7.78. The summed E-state index contributed by atoms with van der Waals surface area (Å²) < 4.78 is 14.0. The van der Waals surface area contributed by atoms with Crippen molar-refractivity contribution in [2.45, 2.75) is 38.0 Å². The fourth-order valence-electron chi connectivity index (χ4n) is 6.62. The number of morpholine rings is 1. The van der Waals surface area contributed by atoms with Crippen LogP contribution in [-0.4, -0.2) is 94.0 Å². The van der Waals surface area contributed by atoms with Gasteiger partial charge in [-0.3, -0.25) is 14.5 Å². The van der Waals surface area contributed by atoms with Crippen LogP contribution in [0.4, 0.5) is 0 Å². The van der Waals surface area contributed by atoms with Crippen LogP contribution in [0.15, 0.2) is 59.4 Å². The number of phenolic OH excluding ortho intramolecular Hbond substituents is 1. The first-order chi connectivity index (χ1) is 23.2. The van der Waals surface area contributed by atoms with Crippen molar-refractivity contribution in [3.63, 3.8) is 0 Å². The summed E-state index contributed by atoms with van der Waals surface area (Å²) in [5.74, 6) is 0.844. The van der Waals surface area contributed by atoms with Crippen LogP contribution in [0, 0.1) is 6.92 Å². The van der Waals surface area contributed by atoms with E-state index >= 15 is 0 Å². The Morgan fingerprint density at radius 2 is 1.94 bits per heavy atom. The number of ether oxygens (including phenoxy) is 2. The van der Waals surface area contributed by atoms with Crippen molar-refractivity contribution in [1.29, 1.82) is 0 Å². The normalized spacial score (nSPS) is 17.3. The van der Waals surface area contributed by atoms with Crippen molar-refractivity contribution < 1.29 is 24.5 Å². The molecule has 2 aromatic heterocycles. The van der Waals surface area contributed by atoms with Gasteiger partial charge in [0, 0.05) is 50.4 Å². The van der Waals surface area contributed by atoms with Crippen LogP contribution < -0.4 is 14.9 Å². The number of aromatic hydroxyl groups is 1. The third-order valence-electron chi connectivity index (χ3n) is 9.26. The predicted molar refractivity (Wildman–Crippen MR) is 187 cm³/mol. The average Bonchev–Trinajstić information content (AvgIpc) is 3.67. The van der Waals surface area contributed by atoms with Crippen molar-refractivity contribution >= 4 is 49.0 Å². The second kappa shape index (κ2) is 13.9. The number of rotatable bonds is 10. The molecule has 252 valence electrons. The number of nitrogens with zero attached hydrogens (tertiary/aromatic N) is 3. The smallest absolute Gasteiger partial charge is 0.305 e. The number of aliphatic hydroxyl groups is 1. The second-order valence-corrected chi connectivity index (χ2v) is 14.8. The fourth-order valence-corrected chi connectivity index (χ4v) is 8.35. The van der Waals surface area contributed by atoms with Crippen molar-refractivity contribution in [2.75, 3.05) is 52.5 Å². The van der Waals surface area contributed by atoms with Gasteiger partial charge in [-0.1, -0.05) is 29.5 Å². The molecule has 1 atom stereocenters. The van der Waals surface area contributed by atoms with Gasteiger partial charge in [0.1, 0.15) is 23.6 Å². The second-order valence-electron chi connectivity index (χ2n) is 12.5. The fraction of sp³-hybridized carbons (Fsp3) is 0.400. The molecule has 5 aromatic rings. The van der Waals surface area contributed by atoms with E-state index in [1.807, 2.05) is 54.3 Å². The first kappa shape index (κ1) is 32.7. The number of fused-ring (bicyclic) bond motifs is 2. The van der Waals surface area contributed by atoms with E-state index in [0.717, 1.165) is 70.3 Å². The molecule has 0 saturated carbocycles. The maximum Gasteiger partial charge on any atom is 0.305 e. The molecule has 7 rings (SSSR count). The molecule has 2 aliphatic rings. The van der Waals surface area contributed by atoms with Crippen LogP contribution >= 0.6 is 22.7 Å². The van der Waals surface area contributed by atoms with Gasteiger partial charge in [-0.05, 0) is 61.7 Å². The highest BCUT2D eigenvalue weighted by atomic mass is 32.1. The number of carbonyl (C=O) groups is 1. The summed E-state index contributed by atoms with van der Waals surface area (Å²) in [6, 6.07) is 16.9. The highest BCUT2D eigenvalue weighted by Crippen LogP contribution is 2.33. The molecule has 3 aromatic carbocycles. The van der Waals surface area contributed by atoms with Gasteiger partial charge in [0.25, 0.3) is 5.91 Å². The topological polar surface area (TPSA) is 140 Å². The van der Waals surface area contributed by atoms with Gasteiger partial charge in [0.05, 0.1) is 44.8 Å². The van der Waals surface area contributed by atoms with Crippen molar-refractivity contribution in [3.05, 3.63) is 86.0 Å². The monoisotopic (exact) mass is 689 g/mol. The van der Waals surface area contributed by atoms with Gasteiger partial charge in [-0.2, -0.15) is 0 Å². The number of likely N-dealkylation sites (tertiary alicyclic amines) is 1. The maximum atomic E-state index is 13.4. The van der Waals surface area contributed by atoms with Gasteiger partial charge < -0.3 is 34.9 Å². The van der Waals surface area contributed by atoms with E-state index in [2.05, 4.69) is 20.2 Å². The van der Waals surface area contributed by atoms with Gasteiger partial charge in [0.2, 0.25) is 0 Å². The quantitative estimate of drug-likeness (QED) is 0.168. The zero-order valence-electron chi connectivity index (χ0n) is 26.7. The van der Waals surface area contributed by atoms with Crippen LogP contribution in [0.2, 0.25) is 0 Å². The number of benzene rings is 3. The number of carbonyl (C=O) groups excluding carboxylic acids is 1. The Kier molecular flexibility index (Phi) is 9.49. The summed E-state index contributed by atoms with van der Waals surface area (Å²) in [5.41, 5.74) is 3.28. The summed E-state index contributed by atoms with van der Waals surface area (Å²) >= 11 is 2.62. The largest absolute Gasteiger partial charge is 0.506 e. The Morgan fingerprint density at radius 1 is 1.12 bits per heavy atom. The molecule has 13 heteroatoms. The van der Waals surface area contributed by atoms with Crippen LogP contribution in [-0.2, 0) is 11.3 Å². The Labute approximate surface area is 285 Å². The van der Waals surface area contributed by atoms with Crippen LogP contribution in [0.3, 0.4) is 0 Å². The first-order valence-corrected chi connectivity index (χ1v) is 17.9. The number of H-pyrrole nitrogens is 1. The van der Waals surface area contributed by atoms with E-state index in [1.54, 1.807) is 17.4 Å². The Morgan fingerprint density at radius 3 is 2.75 bits per heavy atom. The van der Waals surface area contributed by atoms with E-state index in [-0.39, 0.29) is 22.1 Å². The van der Waals surface area contributed by atoms with E-state index < -0.39 is 6.10 Å². The molecule has 0 bridgehead atoms. The number of thiazole rings is 2. The number of aliphatic hydroxyl groups excluding tert-OH is 1. The highest BCUT2D eigenvalue weighted by Gasteiger charge is 2.41. The number of hydrogen-bond acceptors (Lipinski definition) is 11. The molecule has 1 unspecified atom stereocenters. The van der Waals surface area contributed by atoms with E-state index in [1.165, 1.54) is 6.07 Å². The SMILES string of the molecule is Cc1nc2cc(C(=O)N3CCOC4(CCN(CCOc5ccc(CNCC(O)c6ccc(O)c7[nH]c(=O)sc67)cc5)CC4)C3)ccc2s1. The number of piperidine rings is 1. The minimum absolute atomic E-state index is 0.00819. The van der Waals surface area contributed by atoms with Gasteiger partial charge in [-0.25, -0.2) is 4.98 Å². The van der Waals surface area contributed by atoms with Crippen LogP contribution in [0.1, 0.15) is 45.4 Å². The number of nitrogens with one attached hydrogen (secondary N) is 2. The molecule has 0 radical (unpaired) electrons. The molecule has 2 aliphatic heterocycles. The standard InChI is InChI=1S/C35H39N5O6S2/c1-22-37-27-18-24(4-9-30(27)47-22)33(43)40-15-17-46-35(21-40)10-12-39(13-11-35)14-16-45-25-5-2-23(3-6-25)19-36-20-29(42)26-7-8-28(41)31-32(26)48-34(44)38-31/h2-9,18,29,36,41-42H,10-17,19-21H2,1H3,(H,38,44). The molecule has 48 heavy (non-hydrogen) atoms. The summed E-state index contributed by atoms with van der Waals surface area (Å²) in [7, 11) is 0. The summed E-state index contributed by atoms with van der Waals surface area (Å²) in [5, 5.41) is 25.0. The van der Waals surface area contributed by atoms with Gasteiger partial charge >= 0.3 is 4.87 Å². The lowest BCUT2D eigenvalue weighted by Gasteiger charge is -2.47. The minimum atomic E-state index is -0.827. The number of aromatic amines is 1. The average molecular weight is 690 g/mol. The molecule has 4 heterocycles. The lowest BCUT2D eigenvalue weighted by atomic mass is 9.89. The lowest BCUT2D eigenvalue weighted by molar-refractivity contribution is -0.127. The predicted octanol–water partition coefficient (Wildman–Crippen LogP) is 4.42. The van der Waals surface area contributed by atoms with Gasteiger partial charge in [-0.15, -0.1) is 11.3 Å². The van der Waals surface area contributed by atoms with Crippen LogP contribution in [0.25, 0.3) is 20.4 Å². The zero-order chi connectivity index (χ0) is 33.3. The third-order valence-corrected chi connectivity index (χ3v) is 11.1. The molecule has 11 nitrogen and oxygen atoms in total. The van der Waals surface area contributed by atoms with E-state index in [9.17, 15) is 19.8 Å². The minimum Gasteiger partial charge on any atom is -0.506 e. The van der Waals surface area contributed by atoms with E-state index in [0.29, 0.717) is 60.7 Å². The molecule has 1 spiro atoms.